The number of allylic oxidation sites excluding steroid dienone is 2. The lowest BCUT2D eigenvalue weighted by atomic mass is 10.1. The number of ketones is 1. The van der Waals surface area contributed by atoms with Crippen molar-refractivity contribution in [2.75, 3.05) is 12.4 Å². The van der Waals surface area contributed by atoms with Gasteiger partial charge >= 0.3 is 0 Å². The summed E-state index contributed by atoms with van der Waals surface area (Å²) in [6, 6.07) is 0. The molecule has 0 aromatic rings. The molecular formula is C20H36ClNO2. The van der Waals surface area contributed by atoms with Gasteiger partial charge in [0, 0.05) is 25.3 Å². The van der Waals surface area contributed by atoms with Crippen LogP contribution < -0.4 is 5.32 Å². The second kappa shape index (κ2) is 18.5. The van der Waals surface area contributed by atoms with E-state index in [0.29, 0.717) is 25.3 Å². The standard InChI is InChI=1S/C20H36ClNO2/c1-2-3-4-8-11-14-19(23)15-12-9-6-5-7-10-13-16-20(24)22-18-17-21/h12,15H,2-11,13-14,16-18H2,1H3,(H,22,24)/b15-12+. The molecule has 0 heterocycles. The summed E-state index contributed by atoms with van der Waals surface area (Å²) < 4.78 is 0. The Bertz CT molecular complexity index is 343. The summed E-state index contributed by atoms with van der Waals surface area (Å²) in [6.07, 6.45) is 17.5. The summed E-state index contributed by atoms with van der Waals surface area (Å²) >= 11 is 5.51. The van der Waals surface area contributed by atoms with Gasteiger partial charge in [0.1, 0.15) is 0 Å². The van der Waals surface area contributed by atoms with Crippen LogP contribution in [0.4, 0.5) is 0 Å². The fourth-order valence-electron chi connectivity index (χ4n) is 2.55. The Morgan fingerprint density at radius 2 is 1.50 bits per heavy atom. The van der Waals surface area contributed by atoms with Crippen LogP contribution in [0.15, 0.2) is 12.2 Å². The van der Waals surface area contributed by atoms with Gasteiger partial charge in [-0.2, -0.15) is 0 Å². The first kappa shape index (κ1) is 23.2. The second-order valence-corrected chi connectivity index (χ2v) is 6.76. The lowest BCUT2D eigenvalue weighted by Gasteiger charge is -2.02. The molecule has 0 aliphatic rings. The Balaban J connectivity index is 3.33. The van der Waals surface area contributed by atoms with Gasteiger partial charge in [-0.15, -0.1) is 11.6 Å². The van der Waals surface area contributed by atoms with Gasteiger partial charge in [-0.1, -0.05) is 57.9 Å². The van der Waals surface area contributed by atoms with Crippen LogP contribution in [0.3, 0.4) is 0 Å². The summed E-state index contributed by atoms with van der Waals surface area (Å²) in [5, 5.41) is 2.77. The summed E-state index contributed by atoms with van der Waals surface area (Å²) in [5.41, 5.74) is 0. The highest BCUT2D eigenvalue weighted by Gasteiger charge is 1.99. The number of amides is 1. The Kier molecular flexibility index (Phi) is 17.9. The van der Waals surface area contributed by atoms with Gasteiger partial charge in [0.05, 0.1) is 0 Å². The first-order chi connectivity index (χ1) is 11.7. The molecule has 0 aliphatic heterocycles. The molecule has 0 aromatic carbocycles. The lowest BCUT2D eigenvalue weighted by Crippen LogP contribution is -2.24. The van der Waals surface area contributed by atoms with Gasteiger partial charge in [-0.3, -0.25) is 9.59 Å². The molecule has 0 aromatic heterocycles. The SMILES string of the molecule is CCCCCCCC(=O)/C=C/CCCCCCCC(=O)NCCCl. The zero-order valence-corrected chi connectivity index (χ0v) is 16.2. The maximum atomic E-state index is 11.7. The van der Waals surface area contributed by atoms with Crippen molar-refractivity contribution < 1.29 is 9.59 Å². The van der Waals surface area contributed by atoms with Gasteiger partial charge < -0.3 is 5.32 Å². The lowest BCUT2D eigenvalue weighted by molar-refractivity contribution is -0.121. The van der Waals surface area contributed by atoms with Gasteiger partial charge in [0.2, 0.25) is 5.91 Å². The Hall–Kier alpha value is -0.830. The normalized spacial score (nSPS) is 11.1. The van der Waals surface area contributed by atoms with Crippen LogP contribution in [0, 0.1) is 0 Å². The van der Waals surface area contributed by atoms with Crippen molar-refractivity contribution in [2.45, 2.75) is 90.4 Å². The molecule has 3 nitrogen and oxygen atoms in total. The highest BCUT2D eigenvalue weighted by Crippen LogP contribution is 2.09. The molecule has 1 amide bonds. The zero-order chi connectivity index (χ0) is 17.9. The molecule has 140 valence electrons. The van der Waals surface area contributed by atoms with Crippen LogP contribution in [0.5, 0.6) is 0 Å². The average molecular weight is 358 g/mol. The third-order valence-electron chi connectivity index (χ3n) is 4.02. The molecule has 0 bridgehead atoms. The van der Waals surface area contributed by atoms with Crippen molar-refractivity contribution in [3.8, 4) is 0 Å². The molecule has 4 heteroatoms. The van der Waals surface area contributed by atoms with E-state index in [1.165, 1.54) is 32.1 Å². The predicted molar refractivity (Wildman–Crippen MR) is 104 cm³/mol. The monoisotopic (exact) mass is 357 g/mol. The van der Waals surface area contributed by atoms with E-state index >= 15 is 0 Å². The first-order valence-corrected chi connectivity index (χ1v) is 10.3. The van der Waals surface area contributed by atoms with E-state index in [1.807, 2.05) is 6.08 Å². The molecule has 1 N–H and O–H groups in total. The molecule has 0 saturated carbocycles. The number of alkyl halides is 1. The van der Waals surface area contributed by atoms with E-state index < -0.39 is 0 Å². The smallest absolute Gasteiger partial charge is 0.220 e. The summed E-state index contributed by atoms with van der Waals surface area (Å²) in [5.74, 6) is 0.849. The maximum Gasteiger partial charge on any atom is 0.220 e. The van der Waals surface area contributed by atoms with Crippen molar-refractivity contribution in [3.05, 3.63) is 12.2 Å². The van der Waals surface area contributed by atoms with Crippen molar-refractivity contribution >= 4 is 23.3 Å². The van der Waals surface area contributed by atoms with Crippen molar-refractivity contribution in [2.24, 2.45) is 0 Å². The molecule has 0 unspecified atom stereocenters. The van der Waals surface area contributed by atoms with Gasteiger partial charge in [-0.05, 0) is 31.8 Å². The minimum atomic E-state index is 0.104. The van der Waals surface area contributed by atoms with E-state index in [0.717, 1.165) is 38.5 Å². The van der Waals surface area contributed by atoms with Crippen LogP contribution >= 0.6 is 11.6 Å². The minimum absolute atomic E-state index is 0.104. The van der Waals surface area contributed by atoms with E-state index in [1.54, 1.807) is 6.08 Å². The van der Waals surface area contributed by atoms with Gasteiger partial charge in [-0.25, -0.2) is 0 Å². The molecule has 0 atom stereocenters. The quantitative estimate of drug-likeness (QED) is 0.210. The maximum absolute atomic E-state index is 11.7. The van der Waals surface area contributed by atoms with Gasteiger partial charge in [0.15, 0.2) is 5.78 Å². The molecule has 0 rings (SSSR count). The Labute approximate surface area is 153 Å². The van der Waals surface area contributed by atoms with E-state index in [2.05, 4.69) is 12.2 Å². The van der Waals surface area contributed by atoms with Crippen LogP contribution in [0.1, 0.15) is 90.4 Å². The number of hydrogen-bond acceptors (Lipinski definition) is 2. The van der Waals surface area contributed by atoms with Crippen LogP contribution in [-0.2, 0) is 9.59 Å². The number of unbranched alkanes of at least 4 members (excludes halogenated alkanes) is 9. The molecule has 0 saturated heterocycles. The number of nitrogens with one attached hydrogen (secondary N) is 1. The highest BCUT2D eigenvalue weighted by atomic mass is 35.5. The Morgan fingerprint density at radius 1 is 0.875 bits per heavy atom. The number of rotatable bonds is 17. The van der Waals surface area contributed by atoms with E-state index in [4.69, 9.17) is 11.6 Å². The number of carbonyl (C=O) groups excluding carboxylic acids is 2. The van der Waals surface area contributed by atoms with Crippen LogP contribution in [0.2, 0.25) is 0 Å². The number of carbonyl (C=O) groups is 2. The number of hydrogen-bond donors (Lipinski definition) is 1. The van der Waals surface area contributed by atoms with Crippen molar-refractivity contribution in [1.29, 1.82) is 0 Å². The van der Waals surface area contributed by atoms with Crippen LogP contribution in [0.25, 0.3) is 0 Å². The summed E-state index contributed by atoms with van der Waals surface area (Å²) in [6.45, 7) is 2.76. The van der Waals surface area contributed by atoms with Gasteiger partial charge in [0.25, 0.3) is 0 Å². The van der Waals surface area contributed by atoms with E-state index in [-0.39, 0.29) is 11.7 Å². The fraction of sp³-hybridized carbons (Fsp3) is 0.800. The zero-order valence-electron chi connectivity index (χ0n) is 15.5. The molecule has 0 fully saturated rings. The molecule has 0 aliphatic carbocycles. The number of halogens is 1. The fourth-order valence-corrected chi connectivity index (χ4v) is 2.65. The second-order valence-electron chi connectivity index (χ2n) is 6.38. The summed E-state index contributed by atoms with van der Waals surface area (Å²) in [7, 11) is 0. The van der Waals surface area contributed by atoms with Crippen molar-refractivity contribution in [3.63, 3.8) is 0 Å². The third-order valence-corrected chi connectivity index (χ3v) is 4.21. The first-order valence-electron chi connectivity index (χ1n) is 9.72. The Morgan fingerprint density at radius 3 is 2.21 bits per heavy atom. The molecular weight excluding hydrogens is 322 g/mol. The molecule has 0 spiro atoms. The minimum Gasteiger partial charge on any atom is -0.355 e. The van der Waals surface area contributed by atoms with Crippen molar-refractivity contribution in [1.82, 2.24) is 5.32 Å². The van der Waals surface area contributed by atoms with E-state index in [9.17, 15) is 9.59 Å². The predicted octanol–water partition coefficient (Wildman–Crippen LogP) is 5.56. The van der Waals surface area contributed by atoms with Crippen LogP contribution in [-0.4, -0.2) is 24.1 Å². The highest BCUT2D eigenvalue weighted by molar-refractivity contribution is 6.18. The third kappa shape index (κ3) is 17.5. The topological polar surface area (TPSA) is 46.2 Å². The molecule has 24 heavy (non-hydrogen) atoms. The average Bonchev–Trinajstić information content (AvgIpc) is 2.58. The molecule has 0 radical (unpaired) electrons. The largest absolute Gasteiger partial charge is 0.355 e. The summed E-state index contributed by atoms with van der Waals surface area (Å²) in [4.78, 5) is 23.0.